The van der Waals surface area contributed by atoms with Gasteiger partial charge in [-0.3, -0.25) is 0 Å². The first-order valence-electron chi connectivity index (χ1n) is 4.41. The number of aliphatic hydroxyl groups is 1. The van der Waals surface area contributed by atoms with Crippen LogP contribution in [0.5, 0.6) is 0 Å². The Hall–Kier alpha value is -0.0800. The van der Waals surface area contributed by atoms with E-state index in [0.717, 1.165) is 12.8 Å². The Morgan fingerprint density at radius 2 is 2.18 bits per heavy atom. The van der Waals surface area contributed by atoms with Crippen molar-refractivity contribution in [1.82, 2.24) is 0 Å². The van der Waals surface area contributed by atoms with Crippen LogP contribution in [0.3, 0.4) is 0 Å². The Labute approximate surface area is 68.8 Å². The Morgan fingerprint density at radius 3 is 2.64 bits per heavy atom. The standard InChI is InChI=1S/C9H19NO/c1-9(2)4-3-8(10)7(5-9)6-11/h7-8,11H,3-6,10H2,1-2H3. The molecule has 2 heteroatoms. The molecule has 0 saturated heterocycles. The summed E-state index contributed by atoms with van der Waals surface area (Å²) in [6.45, 7) is 4.76. The van der Waals surface area contributed by atoms with Crippen molar-refractivity contribution in [3.05, 3.63) is 0 Å². The Balaban J connectivity index is 2.51. The van der Waals surface area contributed by atoms with Crippen LogP contribution in [-0.2, 0) is 0 Å². The van der Waals surface area contributed by atoms with Crippen molar-refractivity contribution >= 4 is 0 Å². The Bertz CT molecular complexity index is 134. The first kappa shape index (κ1) is 9.01. The number of nitrogens with two attached hydrogens (primary N) is 1. The second-order valence-corrected chi connectivity index (χ2v) is 4.51. The molecule has 2 nitrogen and oxygen atoms in total. The second kappa shape index (κ2) is 3.11. The molecule has 0 bridgehead atoms. The molecule has 0 aromatic carbocycles. The average Bonchev–Trinajstić information content (AvgIpc) is 1.94. The number of hydrogen-bond acceptors (Lipinski definition) is 2. The summed E-state index contributed by atoms with van der Waals surface area (Å²) < 4.78 is 0. The van der Waals surface area contributed by atoms with Crippen molar-refractivity contribution in [2.45, 2.75) is 39.2 Å². The van der Waals surface area contributed by atoms with Crippen molar-refractivity contribution in [3.63, 3.8) is 0 Å². The molecule has 0 spiro atoms. The van der Waals surface area contributed by atoms with Crippen molar-refractivity contribution < 1.29 is 5.11 Å². The predicted octanol–water partition coefficient (Wildman–Crippen LogP) is 1.13. The van der Waals surface area contributed by atoms with Gasteiger partial charge in [0.15, 0.2) is 0 Å². The molecule has 1 fully saturated rings. The van der Waals surface area contributed by atoms with Crippen molar-refractivity contribution in [3.8, 4) is 0 Å². The maximum absolute atomic E-state index is 9.01. The quantitative estimate of drug-likeness (QED) is 0.599. The van der Waals surface area contributed by atoms with Gasteiger partial charge in [-0.05, 0) is 30.6 Å². The molecule has 1 aliphatic rings. The molecule has 11 heavy (non-hydrogen) atoms. The minimum Gasteiger partial charge on any atom is -0.396 e. The van der Waals surface area contributed by atoms with Crippen LogP contribution in [-0.4, -0.2) is 17.8 Å². The van der Waals surface area contributed by atoms with Crippen LogP contribution in [0.25, 0.3) is 0 Å². The third-order valence-corrected chi connectivity index (χ3v) is 2.81. The van der Waals surface area contributed by atoms with E-state index in [1.165, 1.54) is 6.42 Å². The third-order valence-electron chi connectivity index (χ3n) is 2.81. The van der Waals surface area contributed by atoms with Crippen LogP contribution >= 0.6 is 0 Å². The fourth-order valence-electron chi connectivity index (χ4n) is 1.96. The molecule has 1 saturated carbocycles. The van der Waals surface area contributed by atoms with Crippen LogP contribution < -0.4 is 5.73 Å². The first-order chi connectivity index (χ1) is 5.05. The van der Waals surface area contributed by atoms with Gasteiger partial charge in [-0.2, -0.15) is 0 Å². The normalized spacial score (nSPS) is 37.1. The number of rotatable bonds is 1. The zero-order valence-corrected chi connectivity index (χ0v) is 7.51. The highest BCUT2D eigenvalue weighted by atomic mass is 16.3. The van der Waals surface area contributed by atoms with E-state index in [1.807, 2.05) is 0 Å². The third kappa shape index (κ3) is 2.17. The van der Waals surface area contributed by atoms with Gasteiger partial charge in [0.25, 0.3) is 0 Å². The number of aliphatic hydroxyl groups excluding tert-OH is 1. The maximum atomic E-state index is 9.01. The summed E-state index contributed by atoms with van der Waals surface area (Å²) in [7, 11) is 0. The maximum Gasteiger partial charge on any atom is 0.0474 e. The Kier molecular flexibility index (Phi) is 2.55. The summed E-state index contributed by atoms with van der Waals surface area (Å²) in [5, 5.41) is 9.01. The molecule has 0 aliphatic heterocycles. The molecule has 0 aromatic rings. The molecule has 0 radical (unpaired) electrons. The number of hydrogen-bond donors (Lipinski definition) is 2. The minimum absolute atomic E-state index is 0.230. The molecule has 2 unspecified atom stereocenters. The predicted molar refractivity (Wildman–Crippen MR) is 46.2 cm³/mol. The molecule has 2 atom stereocenters. The van der Waals surface area contributed by atoms with E-state index >= 15 is 0 Å². The van der Waals surface area contributed by atoms with E-state index in [4.69, 9.17) is 10.8 Å². The molecule has 1 rings (SSSR count). The lowest BCUT2D eigenvalue weighted by Gasteiger charge is -2.38. The topological polar surface area (TPSA) is 46.2 Å². The Morgan fingerprint density at radius 1 is 1.55 bits per heavy atom. The van der Waals surface area contributed by atoms with Gasteiger partial charge in [0, 0.05) is 12.6 Å². The van der Waals surface area contributed by atoms with Crippen LogP contribution in [0.4, 0.5) is 0 Å². The lowest BCUT2D eigenvalue weighted by atomic mass is 9.70. The highest BCUT2D eigenvalue weighted by Crippen LogP contribution is 2.37. The summed E-state index contributed by atoms with van der Waals surface area (Å²) in [5.41, 5.74) is 6.24. The van der Waals surface area contributed by atoms with Crippen molar-refractivity contribution in [2.75, 3.05) is 6.61 Å². The lowest BCUT2D eigenvalue weighted by Crippen LogP contribution is -2.40. The zero-order chi connectivity index (χ0) is 8.48. The lowest BCUT2D eigenvalue weighted by molar-refractivity contribution is 0.101. The van der Waals surface area contributed by atoms with E-state index in [2.05, 4.69) is 13.8 Å². The minimum atomic E-state index is 0.230. The van der Waals surface area contributed by atoms with Crippen LogP contribution in [0, 0.1) is 11.3 Å². The van der Waals surface area contributed by atoms with E-state index < -0.39 is 0 Å². The molecular formula is C9H19NO. The van der Waals surface area contributed by atoms with Gasteiger partial charge in [0.05, 0.1) is 0 Å². The monoisotopic (exact) mass is 157 g/mol. The van der Waals surface area contributed by atoms with E-state index in [-0.39, 0.29) is 12.6 Å². The van der Waals surface area contributed by atoms with Gasteiger partial charge in [-0.1, -0.05) is 13.8 Å². The van der Waals surface area contributed by atoms with Crippen molar-refractivity contribution in [2.24, 2.45) is 17.1 Å². The van der Waals surface area contributed by atoms with E-state index in [9.17, 15) is 0 Å². The SMILES string of the molecule is CC1(C)CCC(N)C(CO)C1. The van der Waals surface area contributed by atoms with Gasteiger partial charge >= 0.3 is 0 Å². The average molecular weight is 157 g/mol. The van der Waals surface area contributed by atoms with Gasteiger partial charge in [-0.25, -0.2) is 0 Å². The smallest absolute Gasteiger partial charge is 0.0474 e. The summed E-state index contributed by atoms with van der Waals surface area (Å²) in [6, 6.07) is 0.230. The van der Waals surface area contributed by atoms with Gasteiger partial charge in [-0.15, -0.1) is 0 Å². The molecule has 0 amide bonds. The molecule has 66 valence electrons. The summed E-state index contributed by atoms with van der Waals surface area (Å²) in [5.74, 6) is 0.332. The van der Waals surface area contributed by atoms with Gasteiger partial charge in [0.2, 0.25) is 0 Å². The molecule has 1 aliphatic carbocycles. The zero-order valence-electron chi connectivity index (χ0n) is 7.51. The summed E-state index contributed by atoms with van der Waals surface area (Å²) in [4.78, 5) is 0. The second-order valence-electron chi connectivity index (χ2n) is 4.51. The molecular weight excluding hydrogens is 138 g/mol. The van der Waals surface area contributed by atoms with Gasteiger partial charge < -0.3 is 10.8 Å². The summed E-state index contributed by atoms with van der Waals surface area (Å²) >= 11 is 0. The fraction of sp³-hybridized carbons (Fsp3) is 1.00. The largest absolute Gasteiger partial charge is 0.396 e. The highest BCUT2D eigenvalue weighted by Gasteiger charge is 2.32. The van der Waals surface area contributed by atoms with Gasteiger partial charge in [0.1, 0.15) is 0 Å². The fourth-order valence-corrected chi connectivity index (χ4v) is 1.96. The molecule has 0 heterocycles. The summed E-state index contributed by atoms with van der Waals surface area (Å²) in [6.07, 6.45) is 3.34. The van der Waals surface area contributed by atoms with E-state index in [0.29, 0.717) is 11.3 Å². The first-order valence-corrected chi connectivity index (χ1v) is 4.41. The van der Waals surface area contributed by atoms with Crippen LogP contribution in [0.1, 0.15) is 33.1 Å². The van der Waals surface area contributed by atoms with E-state index in [1.54, 1.807) is 0 Å². The van der Waals surface area contributed by atoms with Crippen molar-refractivity contribution in [1.29, 1.82) is 0 Å². The van der Waals surface area contributed by atoms with Crippen LogP contribution in [0.15, 0.2) is 0 Å². The molecule has 0 aromatic heterocycles. The van der Waals surface area contributed by atoms with Crippen LogP contribution in [0.2, 0.25) is 0 Å². The highest BCUT2D eigenvalue weighted by molar-refractivity contribution is 4.86. The molecule has 3 N–H and O–H groups in total.